The maximum absolute atomic E-state index is 12.4. The van der Waals surface area contributed by atoms with Gasteiger partial charge in [0.2, 0.25) is 5.91 Å². The summed E-state index contributed by atoms with van der Waals surface area (Å²) in [6.45, 7) is 6.29. The molecule has 0 spiro atoms. The van der Waals surface area contributed by atoms with Crippen LogP contribution in [0.5, 0.6) is 0 Å². The lowest BCUT2D eigenvalue weighted by molar-refractivity contribution is -0.130. The van der Waals surface area contributed by atoms with Crippen molar-refractivity contribution in [1.82, 2.24) is 15.2 Å². The molecule has 3 N–H and O–H groups in total. The van der Waals surface area contributed by atoms with E-state index in [-0.39, 0.29) is 18.4 Å². The smallest absolute Gasteiger partial charge is 0.426 e. The van der Waals surface area contributed by atoms with Crippen molar-refractivity contribution in [3.8, 4) is 0 Å². The Morgan fingerprint density at radius 3 is 2.80 bits per heavy atom. The largest absolute Gasteiger partial charge is 0.475 e. The fraction of sp³-hybridized carbons (Fsp3) is 0.588. The van der Waals surface area contributed by atoms with E-state index in [2.05, 4.69) is 24.1 Å². The number of aryl methyl sites for hydroxylation is 1. The molecule has 1 saturated heterocycles. The molecule has 1 aromatic rings. The molecule has 0 bridgehead atoms. The van der Waals surface area contributed by atoms with E-state index in [1.54, 1.807) is 12.3 Å². The summed E-state index contributed by atoms with van der Waals surface area (Å²) in [6, 6.07) is 1.77. The zero-order valence-electron chi connectivity index (χ0n) is 15.0. The molecule has 1 aromatic heterocycles. The van der Waals surface area contributed by atoms with Gasteiger partial charge in [-0.1, -0.05) is 13.8 Å². The molecule has 2 amide bonds. The third-order valence-electron chi connectivity index (χ3n) is 4.39. The first-order valence-electron chi connectivity index (χ1n) is 8.69. The van der Waals surface area contributed by atoms with Gasteiger partial charge in [-0.3, -0.25) is 14.6 Å². The van der Waals surface area contributed by atoms with Crippen LogP contribution in [0.25, 0.3) is 0 Å². The Morgan fingerprint density at radius 1 is 1.44 bits per heavy atom. The van der Waals surface area contributed by atoms with Gasteiger partial charge in [-0.2, -0.15) is 0 Å². The lowest BCUT2D eigenvalue weighted by atomic mass is 9.78. The molecule has 1 atom stereocenters. The summed E-state index contributed by atoms with van der Waals surface area (Å²) in [4.78, 5) is 30.5. The van der Waals surface area contributed by atoms with E-state index >= 15 is 0 Å². The molecule has 136 valence electrons. The molecule has 1 unspecified atom stereocenters. The summed E-state index contributed by atoms with van der Waals surface area (Å²) < 4.78 is 0. The number of hydrogen-bond donors (Lipinski definition) is 3. The highest BCUT2D eigenvalue weighted by molar-refractivity contribution is 6.43. The number of nitrogens with zero attached hydrogens (tertiary/aromatic N) is 2. The lowest BCUT2D eigenvalue weighted by Gasteiger charge is -2.24. The molecule has 8 heteroatoms. The van der Waals surface area contributed by atoms with Crippen LogP contribution < -0.4 is 5.32 Å². The second-order valence-corrected chi connectivity index (χ2v) is 6.98. The van der Waals surface area contributed by atoms with Gasteiger partial charge in [0, 0.05) is 24.0 Å². The van der Waals surface area contributed by atoms with Crippen molar-refractivity contribution in [3.63, 3.8) is 0 Å². The fourth-order valence-electron chi connectivity index (χ4n) is 3.11. The Bertz CT molecular complexity index is 636. The number of pyridine rings is 1. The van der Waals surface area contributed by atoms with Crippen molar-refractivity contribution in [1.29, 1.82) is 0 Å². The first kappa shape index (κ1) is 19.4. The standard InChI is InChI=1S/C17H26BN3O4/c1-11(2)7-13-8-14(12(3)9-19-13)17(23)20-10-16(22)21-6-4-5-15(21)18(24)25/h8-9,11,15,24-25H,4-7,10H2,1-3H3,(H,20,23). The first-order chi connectivity index (χ1) is 11.8. The molecule has 25 heavy (non-hydrogen) atoms. The van der Waals surface area contributed by atoms with Crippen LogP contribution in [-0.4, -0.2) is 57.9 Å². The van der Waals surface area contributed by atoms with Gasteiger partial charge in [0.1, 0.15) is 0 Å². The summed E-state index contributed by atoms with van der Waals surface area (Å²) >= 11 is 0. The number of likely N-dealkylation sites (tertiary alicyclic amines) is 1. The van der Waals surface area contributed by atoms with Gasteiger partial charge in [-0.25, -0.2) is 0 Å². The molecule has 2 rings (SSSR count). The van der Waals surface area contributed by atoms with Crippen LogP contribution in [-0.2, 0) is 11.2 Å². The van der Waals surface area contributed by atoms with Crippen molar-refractivity contribution < 1.29 is 19.6 Å². The van der Waals surface area contributed by atoms with Crippen LogP contribution in [0.2, 0.25) is 0 Å². The van der Waals surface area contributed by atoms with Crippen molar-refractivity contribution >= 4 is 18.9 Å². The quantitative estimate of drug-likeness (QED) is 0.643. The Labute approximate surface area is 148 Å². The SMILES string of the molecule is Cc1cnc(CC(C)C)cc1C(=O)NCC(=O)N1CCCC1B(O)O. The second-order valence-electron chi connectivity index (χ2n) is 6.98. The minimum Gasteiger partial charge on any atom is -0.426 e. The number of aromatic nitrogens is 1. The van der Waals surface area contributed by atoms with Crippen molar-refractivity contribution in [2.45, 2.75) is 46.0 Å². The lowest BCUT2D eigenvalue weighted by Crippen LogP contribution is -2.49. The van der Waals surface area contributed by atoms with E-state index in [0.717, 1.165) is 24.1 Å². The van der Waals surface area contributed by atoms with Gasteiger partial charge in [-0.15, -0.1) is 0 Å². The van der Waals surface area contributed by atoms with Crippen LogP contribution in [0.15, 0.2) is 12.3 Å². The Balaban J connectivity index is 1.99. The third-order valence-corrected chi connectivity index (χ3v) is 4.39. The van der Waals surface area contributed by atoms with E-state index in [1.807, 2.05) is 6.92 Å². The summed E-state index contributed by atoms with van der Waals surface area (Å²) in [5.74, 6) is -0.786. The summed E-state index contributed by atoms with van der Waals surface area (Å²) in [5.41, 5.74) is 2.11. The van der Waals surface area contributed by atoms with Gasteiger partial charge in [-0.05, 0) is 43.7 Å². The number of nitrogens with one attached hydrogen (secondary N) is 1. The molecule has 0 aliphatic carbocycles. The minimum absolute atomic E-state index is 0.163. The van der Waals surface area contributed by atoms with Gasteiger partial charge in [0.15, 0.2) is 0 Å². The van der Waals surface area contributed by atoms with Crippen LogP contribution in [0.1, 0.15) is 48.3 Å². The summed E-state index contributed by atoms with van der Waals surface area (Å²) in [6.07, 6.45) is 3.74. The Morgan fingerprint density at radius 2 is 2.16 bits per heavy atom. The average molecular weight is 347 g/mol. The number of carbonyl (C=O) groups excluding carboxylic acids is 2. The van der Waals surface area contributed by atoms with Crippen LogP contribution in [0, 0.1) is 12.8 Å². The molecule has 0 aromatic carbocycles. The number of amides is 2. The number of carbonyl (C=O) groups is 2. The molecule has 2 heterocycles. The van der Waals surface area contributed by atoms with E-state index < -0.39 is 13.1 Å². The molecule has 1 fully saturated rings. The monoisotopic (exact) mass is 347 g/mol. The second kappa shape index (κ2) is 8.44. The van der Waals surface area contributed by atoms with E-state index in [0.29, 0.717) is 24.4 Å². The van der Waals surface area contributed by atoms with E-state index in [1.165, 1.54) is 4.90 Å². The average Bonchev–Trinajstić information content (AvgIpc) is 3.03. The molecular formula is C17H26BN3O4. The van der Waals surface area contributed by atoms with Gasteiger partial charge >= 0.3 is 7.12 Å². The molecular weight excluding hydrogens is 321 g/mol. The van der Waals surface area contributed by atoms with E-state index in [9.17, 15) is 19.6 Å². The number of hydrogen-bond acceptors (Lipinski definition) is 5. The van der Waals surface area contributed by atoms with Crippen molar-refractivity contribution in [2.75, 3.05) is 13.1 Å². The van der Waals surface area contributed by atoms with Gasteiger partial charge in [0.25, 0.3) is 5.91 Å². The molecule has 0 saturated carbocycles. The minimum atomic E-state index is -1.55. The highest BCUT2D eigenvalue weighted by atomic mass is 16.4. The third kappa shape index (κ3) is 5.03. The van der Waals surface area contributed by atoms with Crippen LogP contribution in [0.3, 0.4) is 0 Å². The maximum Gasteiger partial charge on any atom is 0.475 e. The molecule has 7 nitrogen and oxygen atoms in total. The summed E-state index contributed by atoms with van der Waals surface area (Å²) in [7, 11) is -1.55. The highest BCUT2D eigenvalue weighted by Crippen LogP contribution is 2.18. The number of rotatable bonds is 6. The topological polar surface area (TPSA) is 103 Å². The van der Waals surface area contributed by atoms with Crippen LogP contribution >= 0.6 is 0 Å². The molecule has 1 aliphatic rings. The maximum atomic E-state index is 12.4. The Kier molecular flexibility index (Phi) is 6.55. The summed E-state index contributed by atoms with van der Waals surface area (Å²) in [5, 5.41) is 21.3. The predicted molar refractivity (Wildman–Crippen MR) is 94.8 cm³/mol. The zero-order chi connectivity index (χ0) is 18.6. The first-order valence-corrected chi connectivity index (χ1v) is 8.69. The van der Waals surface area contributed by atoms with Crippen LogP contribution in [0.4, 0.5) is 0 Å². The van der Waals surface area contributed by atoms with Crippen molar-refractivity contribution in [2.24, 2.45) is 5.92 Å². The van der Waals surface area contributed by atoms with Gasteiger partial charge < -0.3 is 20.3 Å². The van der Waals surface area contributed by atoms with Gasteiger partial charge in [0.05, 0.1) is 12.5 Å². The van der Waals surface area contributed by atoms with Crippen molar-refractivity contribution in [3.05, 3.63) is 29.1 Å². The zero-order valence-corrected chi connectivity index (χ0v) is 15.0. The normalized spacial score (nSPS) is 17.0. The molecule has 0 radical (unpaired) electrons. The Hall–Kier alpha value is -1.93. The molecule has 1 aliphatic heterocycles. The fourth-order valence-corrected chi connectivity index (χ4v) is 3.11. The predicted octanol–water partition coefficient (Wildman–Crippen LogP) is 0.321. The van der Waals surface area contributed by atoms with E-state index in [4.69, 9.17) is 0 Å². The highest BCUT2D eigenvalue weighted by Gasteiger charge is 2.36.